The minimum Gasteiger partial charge on any atom is -0.486 e. The fourth-order valence-corrected chi connectivity index (χ4v) is 2.70. The lowest BCUT2D eigenvalue weighted by molar-refractivity contribution is 0.220. The highest BCUT2D eigenvalue weighted by Crippen LogP contribution is 2.18. The first-order valence-corrected chi connectivity index (χ1v) is 8.13. The van der Waals surface area contributed by atoms with Gasteiger partial charge in [-0.3, -0.25) is 0 Å². The van der Waals surface area contributed by atoms with Gasteiger partial charge >= 0.3 is 0 Å². The number of nitrogens with zero attached hydrogens (tertiary/aromatic N) is 1. The molecule has 0 spiro atoms. The first-order chi connectivity index (χ1) is 10.6. The number of nitrogens with two attached hydrogens (primary N) is 1. The highest BCUT2D eigenvalue weighted by atomic mass is 127. The number of ether oxygens (including phenoxy) is 1. The number of halogens is 2. The fourth-order valence-electron chi connectivity index (χ4n) is 2.70. The number of hydrogen-bond donors (Lipinski definition) is 2. The average molecular weight is 435 g/mol. The summed E-state index contributed by atoms with van der Waals surface area (Å²) < 4.78 is 19.0. The van der Waals surface area contributed by atoms with E-state index in [2.05, 4.69) is 10.3 Å². The summed E-state index contributed by atoms with van der Waals surface area (Å²) in [5.41, 5.74) is 5.94. The summed E-state index contributed by atoms with van der Waals surface area (Å²) in [6.45, 7) is 2.26. The van der Waals surface area contributed by atoms with Gasteiger partial charge in [0.05, 0.1) is 6.54 Å². The van der Waals surface area contributed by atoms with Crippen molar-refractivity contribution in [3.05, 3.63) is 30.1 Å². The molecule has 1 fully saturated rings. The van der Waals surface area contributed by atoms with E-state index >= 15 is 0 Å². The van der Waals surface area contributed by atoms with Gasteiger partial charge in [0.2, 0.25) is 0 Å². The van der Waals surface area contributed by atoms with Crippen LogP contribution >= 0.6 is 24.0 Å². The predicted molar refractivity (Wildman–Crippen MR) is 103 cm³/mol. The standard InChI is InChI=1S/C17H26FN3O.HI/c1-13(22-16-11-7-6-10-15(16)18)12-20-17(19)21-14-8-4-2-3-5-9-14;/h6-7,10-11,13-14H,2-5,8-9,12H2,1H3,(H3,19,20,21);1H. The van der Waals surface area contributed by atoms with Crippen molar-refractivity contribution in [1.29, 1.82) is 0 Å². The summed E-state index contributed by atoms with van der Waals surface area (Å²) in [5, 5.41) is 3.29. The van der Waals surface area contributed by atoms with Gasteiger partial charge in [0.25, 0.3) is 0 Å². The Balaban J connectivity index is 0.00000264. The second-order valence-electron chi connectivity index (χ2n) is 5.92. The molecule has 1 aliphatic carbocycles. The molecule has 130 valence electrons. The van der Waals surface area contributed by atoms with Crippen molar-refractivity contribution in [3.63, 3.8) is 0 Å². The quantitative estimate of drug-likeness (QED) is 0.320. The van der Waals surface area contributed by atoms with E-state index in [4.69, 9.17) is 10.5 Å². The highest BCUT2D eigenvalue weighted by molar-refractivity contribution is 14.0. The number of nitrogens with one attached hydrogen (secondary N) is 1. The zero-order valence-corrected chi connectivity index (χ0v) is 16.0. The largest absolute Gasteiger partial charge is 0.486 e. The van der Waals surface area contributed by atoms with Gasteiger partial charge in [-0.15, -0.1) is 24.0 Å². The van der Waals surface area contributed by atoms with Crippen LogP contribution in [0.4, 0.5) is 4.39 Å². The molecule has 0 heterocycles. The molecule has 0 radical (unpaired) electrons. The van der Waals surface area contributed by atoms with Gasteiger partial charge in [-0.2, -0.15) is 0 Å². The smallest absolute Gasteiger partial charge is 0.188 e. The van der Waals surface area contributed by atoms with Crippen LogP contribution in [-0.4, -0.2) is 24.7 Å². The van der Waals surface area contributed by atoms with Crippen molar-refractivity contribution >= 4 is 29.9 Å². The molecule has 2 rings (SSSR count). The van der Waals surface area contributed by atoms with Crippen molar-refractivity contribution in [3.8, 4) is 5.75 Å². The summed E-state index contributed by atoms with van der Waals surface area (Å²) in [4.78, 5) is 4.31. The van der Waals surface area contributed by atoms with E-state index in [-0.39, 0.29) is 41.6 Å². The Hall–Kier alpha value is -1.05. The van der Waals surface area contributed by atoms with E-state index < -0.39 is 0 Å². The maximum absolute atomic E-state index is 13.5. The SMILES string of the molecule is CC(CN=C(N)NC1CCCCCC1)Oc1ccccc1F.I. The molecule has 0 amide bonds. The lowest BCUT2D eigenvalue weighted by Gasteiger charge is -2.18. The molecular formula is C17H27FIN3O. The molecule has 23 heavy (non-hydrogen) atoms. The number of hydrogen-bond acceptors (Lipinski definition) is 2. The minimum absolute atomic E-state index is 0. The first kappa shape index (κ1) is 20.0. The molecule has 1 atom stereocenters. The van der Waals surface area contributed by atoms with Gasteiger partial charge < -0.3 is 15.8 Å². The summed E-state index contributed by atoms with van der Waals surface area (Å²) in [6, 6.07) is 6.81. The molecule has 4 nitrogen and oxygen atoms in total. The van der Waals surface area contributed by atoms with Crippen molar-refractivity contribution in [2.45, 2.75) is 57.6 Å². The molecule has 1 aromatic carbocycles. The number of rotatable bonds is 5. The van der Waals surface area contributed by atoms with Crippen LogP contribution in [0.1, 0.15) is 45.4 Å². The van der Waals surface area contributed by atoms with Gasteiger partial charge in [0.1, 0.15) is 6.10 Å². The Morgan fingerprint density at radius 2 is 1.96 bits per heavy atom. The molecule has 0 aromatic heterocycles. The monoisotopic (exact) mass is 435 g/mol. The Labute approximate surface area is 155 Å². The molecule has 0 saturated heterocycles. The van der Waals surface area contributed by atoms with Crippen LogP contribution in [0.3, 0.4) is 0 Å². The van der Waals surface area contributed by atoms with E-state index in [0.717, 1.165) is 12.8 Å². The van der Waals surface area contributed by atoms with Crippen LogP contribution in [0.25, 0.3) is 0 Å². The van der Waals surface area contributed by atoms with Crippen LogP contribution in [0.5, 0.6) is 5.75 Å². The topological polar surface area (TPSA) is 59.6 Å². The van der Waals surface area contributed by atoms with Gasteiger partial charge in [-0.1, -0.05) is 37.8 Å². The van der Waals surface area contributed by atoms with Gasteiger partial charge in [0, 0.05) is 6.04 Å². The molecule has 1 unspecified atom stereocenters. The van der Waals surface area contributed by atoms with E-state index in [0.29, 0.717) is 18.5 Å². The highest BCUT2D eigenvalue weighted by Gasteiger charge is 2.13. The van der Waals surface area contributed by atoms with Crippen LogP contribution < -0.4 is 15.8 Å². The van der Waals surface area contributed by atoms with Crippen molar-refractivity contribution in [1.82, 2.24) is 5.32 Å². The Kier molecular flexibility index (Phi) is 9.28. The molecule has 1 aliphatic rings. The van der Waals surface area contributed by atoms with E-state index in [1.807, 2.05) is 6.92 Å². The van der Waals surface area contributed by atoms with Crippen LogP contribution in [0.15, 0.2) is 29.3 Å². The van der Waals surface area contributed by atoms with Crippen LogP contribution in [0.2, 0.25) is 0 Å². The predicted octanol–water partition coefficient (Wildman–Crippen LogP) is 3.84. The van der Waals surface area contributed by atoms with Crippen LogP contribution in [-0.2, 0) is 0 Å². The second-order valence-corrected chi connectivity index (χ2v) is 5.92. The zero-order valence-electron chi connectivity index (χ0n) is 13.6. The number of aliphatic imine (C=N–C) groups is 1. The Morgan fingerprint density at radius 1 is 1.30 bits per heavy atom. The third kappa shape index (κ3) is 7.37. The van der Waals surface area contributed by atoms with Crippen molar-refractivity contribution < 1.29 is 9.13 Å². The van der Waals surface area contributed by atoms with Crippen molar-refractivity contribution in [2.75, 3.05) is 6.54 Å². The summed E-state index contributed by atoms with van der Waals surface area (Å²) in [5.74, 6) is 0.347. The molecular weight excluding hydrogens is 408 g/mol. The number of guanidine groups is 1. The van der Waals surface area contributed by atoms with E-state index in [1.54, 1.807) is 18.2 Å². The Morgan fingerprint density at radius 3 is 2.61 bits per heavy atom. The lowest BCUT2D eigenvalue weighted by atomic mass is 10.1. The molecule has 6 heteroatoms. The summed E-state index contributed by atoms with van der Waals surface area (Å²) in [6.07, 6.45) is 7.18. The van der Waals surface area contributed by atoms with Crippen LogP contribution in [0, 0.1) is 5.82 Å². The third-order valence-corrected chi connectivity index (χ3v) is 3.89. The zero-order chi connectivity index (χ0) is 15.8. The normalized spacial score (nSPS) is 17.7. The van der Waals surface area contributed by atoms with Gasteiger partial charge in [0.15, 0.2) is 17.5 Å². The van der Waals surface area contributed by atoms with Gasteiger partial charge in [-0.05, 0) is 31.9 Å². The van der Waals surface area contributed by atoms with E-state index in [1.165, 1.54) is 31.7 Å². The number of benzene rings is 1. The maximum atomic E-state index is 13.5. The fraction of sp³-hybridized carbons (Fsp3) is 0.588. The molecule has 0 aliphatic heterocycles. The molecule has 3 N–H and O–H groups in total. The first-order valence-electron chi connectivity index (χ1n) is 8.13. The van der Waals surface area contributed by atoms with E-state index in [9.17, 15) is 4.39 Å². The van der Waals surface area contributed by atoms with Gasteiger partial charge in [-0.25, -0.2) is 9.38 Å². The Bertz CT molecular complexity index is 490. The number of para-hydroxylation sites is 1. The second kappa shape index (κ2) is 10.7. The third-order valence-electron chi connectivity index (χ3n) is 3.89. The molecule has 0 bridgehead atoms. The maximum Gasteiger partial charge on any atom is 0.188 e. The molecule has 1 aromatic rings. The summed E-state index contributed by atoms with van der Waals surface area (Å²) in [7, 11) is 0. The summed E-state index contributed by atoms with van der Waals surface area (Å²) >= 11 is 0. The lowest BCUT2D eigenvalue weighted by Crippen LogP contribution is -2.40. The average Bonchev–Trinajstić information content (AvgIpc) is 2.76. The molecule has 1 saturated carbocycles. The minimum atomic E-state index is -0.358. The van der Waals surface area contributed by atoms with Crippen molar-refractivity contribution in [2.24, 2.45) is 10.7 Å².